The minimum absolute atomic E-state index is 0.0102. The fourth-order valence-corrected chi connectivity index (χ4v) is 7.20. The number of nitrogens with zero attached hydrogens (tertiary/aromatic N) is 5. The SMILES string of the molecule is COC(=O)C[C@H](CC(=O)CNC(=O)CCCN(C(=O)OC(C)(C)C)c1cc(C)ccn1)c1ccc(-c2ccc(OCCOCCOCCOCCOCCN=[N+]=[N-])c3c2CCCC3)cc1. The van der Waals surface area contributed by atoms with Crippen molar-refractivity contribution in [3.8, 4) is 16.9 Å². The Kier molecular flexibility index (Phi) is 22.7. The first kappa shape index (κ1) is 52.0. The summed E-state index contributed by atoms with van der Waals surface area (Å²) in [6.45, 7) is 11.4. The first-order chi connectivity index (χ1) is 31.4. The number of ketones is 1. The summed E-state index contributed by atoms with van der Waals surface area (Å²) in [6.07, 6.45) is 5.51. The molecule has 1 aliphatic rings. The third-order valence-electron chi connectivity index (χ3n) is 10.4. The van der Waals surface area contributed by atoms with Crippen LogP contribution in [0.5, 0.6) is 5.75 Å². The second-order valence-corrected chi connectivity index (χ2v) is 16.6. The van der Waals surface area contributed by atoms with Gasteiger partial charge < -0.3 is 38.5 Å². The van der Waals surface area contributed by atoms with E-state index in [0.29, 0.717) is 78.2 Å². The number of benzene rings is 2. The van der Waals surface area contributed by atoms with E-state index < -0.39 is 23.6 Å². The fraction of sp³-hybridized carbons (Fsp3) is 0.562. The molecule has 354 valence electrons. The smallest absolute Gasteiger partial charge is 0.416 e. The number of Topliss-reactive ketones (excluding diaryl/α,β-unsaturated/α-hetero) is 1. The van der Waals surface area contributed by atoms with Crippen LogP contribution in [-0.2, 0) is 55.6 Å². The minimum Gasteiger partial charge on any atom is -0.491 e. The van der Waals surface area contributed by atoms with Crippen LogP contribution in [0.25, 0.3) is 21.6 Å². The summed E-state index contributed by atoms with van der Waals surface area (Å²) >= 11 is 0. The van der Waals surface area contributed by atoms with Crippen molar-refractivity contribution in [1.82, 2.24) is 10.3 Å². The molecule has 4 rings (SSSR count). The third-order valence-corrected chi connectivity index (χ3v) is 10.4. The highest BCUT2D eigenvalue weighted by Crippen LogP contribution is 2.38. The Hall–Kier alpha value is -5.58. The Balaban J connectivity index is 1.24. The number of pyridine rings is 1. The quantitative estimate of drug-likeness (QED) is 0.0234. The highest BCUT2D eigenvalue weighted by atomic mass is 16.6. The van der Waals surface area contributed by atoms with Crippen molar-refractivity contribution >= 4 is 29.6 Å². The molecule has 0 unspecified atom stereocenters. The topological polar surface area (TPSA) is 210 Å². The molecule has 1 aliphatic carbocycles. The standard InChI is InChI=1S/C48H66N6O11/c1-35-18-19-50-44(31-35)54(47(58)65-48(2,3)4)21-8-11-45(56)51-34-39(55)32-38(33-46(57)59-5)36-12-14-37(15-13-36)40-16-17-43(42-10-7-6-9-41(40)42)64-30-29-63-28-27-62-26-25-61-24-23-60-22-20-52-53-49/h12-19,31,38H,6-11,20-30,32-34H2,1-5H3,(H,51,56)/t38-/m0/s1. The van der Waals surface area contributed by atoms with Crippen molar-refractivity contribution in [1.29, 1.82) is 0 Å². The van der Waals surface area contributed by atoms with Crippen LogP contribution < -0.4 is 15.0 Å². The van der Waals surface area contributed by atoms with Gasteiger partial charge in [-0.2, -0.15) is 0 Å². The maximum atomic E-state index is 13.2. The van der Waals surface area contributed by atoms with Crippen molar-refractivity contribution < 1.29 is 52.3 Å². The van der Waals surface area contributed by atoms with E-state index in [1.807, 2.05) is 43.3 Å². The maximum absolute atomic E-state index is 13.2. The number of hydrogen-bond donors (Lipinski definition) is 1. The number of anilines is 1. The van der Waals surface area contributed by atoms with Crippen LogP contribution in [0.3, 0.4) is 0 Å². The first-order valence-corrected chi connectivity index (χ1v) is 22.4. The summed E-state index contributed by atoms with van der Waals surface area (Å²) < 4.78 is 38.8. The van der Waals surface area contributed by atoms with Gasteiger partial charge in [0.05, 0.1) is 72.9 Å². The average Bonchev–Trinajstić information content (AvgIpc) is 3.28. The number of rotatable bonds is 29. The van der Waals surface area contributed by atoms with Gasteiger partial charge in [0.25, 0.3) is 0 Å². The van der Waals surface area contributed by atoms with Gasteiger partial charge in [-0.25, -0.2) is 9.78 Å². The molecule has 0 radical (unpaired) electrons. The van der Waals surface area contributed by atoms with E-state index in [0.717, 1.165) is 53.7 Å². The van der Waals surface area contributed by atoms with E-state index in [1.165, 1.54) is 23.1 Å². The molecule has 2 aromatic carbocycles. The Morgan fingerprint density at radius 1 is 0.846 bits per heavy atom. The summed E-state index contributed by atoms with van der Waals surface area (Å²) in [6, 6.07) is 15.7. The molecule has 0 spiro atoms. The Morgan fingerprint density at radius 2 is 1.49 bits per heavy atom. The predicted molar refractivity (Wildman–Crippen MR) is 245 cm³/mol. The lowest BCUT2D eigenvalue weighted by Gasteiger charge is -2.27. The van der Waals surface area contributed by atoms with Crippen LogP contribution in [0.2, 0.25) is 0 Å². The molecule has 1 N–H and O–H groups in total. The molecule has 65 heavy (non-hydrogen) atoms. The van der Waals surface area contributed by atoms with Crippen LogP contribution in [0.1, 0.15) is 87.5 Å². The number of hydrogen-bond acceptors (Lipinski definition) is 13. The number of fused-ring (bicyclic) bond motifs is 1. The molecule has 0 aliphatic heterocycles. The summed E-state index contributed by atoms with van der Waals surface area (Å²) in [4.78, 5) is 60.0. The second kappa shape index (κ2) is 28.4. The van der Waals surface area contributed by atoms with Crippen molar-refractivity contribution in [3.63, 3.8) is 0 Å². The number of ether oxygens (including phenoxy) is 7. The number of nitrogens with one attached hydrogen (secondary N) is 1. The molecule has 1 aromatic heterocycles. The second-order valence-electron chi connectivity index (χ2n) is 16.6. The highest BCUT2D eigenvalue weighted by Gasteiger charge is 2.26. The number of azide groups is 1. The van der Waals surface area contributed by atoms with Gasteiger partial charge in [-0.3, -0.25) is 19.3 Å². The van der Waals surface area contributed by atoms with E-state index in [9.17, 15) is 19.2 Å². The van der Waals surface area contributed by atoms with Gasteiger partial charge in [-0.15, -0.1) is 0 Å². The van der Waals surface area contributed by atoms with E-state index in [-0.39, 0.29) is 44.0 Å². The summed E-state index contributed by atoms with van der Waals surface area (Å²) in [7, 11) is 1.32. The van der Waals surface area contributed by atoms with Gasteiger partial charge >= 0.3 is 12.1 Å². The van der Waals surface area contributed by atoms with Gasteiger partial charge in [-0.05, 0) is 117 Å². The zero-order chi connectivity index (χ0) is 46.9. The van der Waals surface area contributed by atoms with Crippen molar-refractivity contribution in [2.75, 3.05) is 91.1 Å². The fourth-order valence-electron chi connectivity index (χ4n) is 7.20. The number of aromatic nitrogens is 1. The van der Waals surface area contributed by atoms with E-state index >= 15 is 0 Å². The Bertz CT molecular complexity index is 2020. The molecule has 0 bridgehead atoms. The van der Waals surface area contributed by atoms with Crippen LogP contribution in [0.15, 0.2) is 59.8 Å². The molecule has 1 heterocycles. The average molecular weight is 903 g/mol. The largest absolute Gasteiger partial charge is 0.491 e. The molecule has 1 atom stereocenters. The van der Waals surface area contributed by atoms with Crippen LogP contribution in [0.4, 0.5) is 10.6 Å². The lowest BCUT2D eigenvalue weighted by molar-refractivity contribution is -0.141. The van der Waals surface area contributed by atoms with Crippen molar-refractivity contribution in [3.05, 3.63) is 87.4 Å². The molecule has 17 heteroatoms. The minimum atomic E-state index is -0.712. The molecular formula is C48H66N6O11. The van der Waals surface area contributed by atoms with Gasteiger partial charge in [0.15, 0.2) is 5.78 Å². The first-order valence-electron chi connectivity index (χ1n) is 22.4. The number of carbonyl (C=O) groups is 4. The van der Waals surface area contributed by atoms with E-state index in [1.54, 1.807) is 33.0 Å². The Morgan fingerprint density at radius 3 is 2.12 bits per heavy atom. The monoisotopic (exact) mass is 902 g/mol. The molecular weight excluding hydrogens is 837 g/mol. The van der Waals surface area contributed by atoms with Crippen LogP contribution in [0, 0.1) is 6.92 Å². The van der Waals surface area contributed by atoms with Crippen molar-refractivity contribution in [2.24, 2.45) is 5.11 Å². The van der Waals surface area contributed by atoms with Crippen molar-refractivity contribution in [2.45, 2.75) is 90.6 Å². The summed E-state index contributed by atoms with van der Waals surface area (Å²) in [5, 5.41) is 6.11. The third kappa shape index (κ3) is 19.2. The maximum Gasteiger partial charge on any atom is 0.416 e. The van der Waals surface area contributed by atoms with Crippen LogP contribution in [-0.4, -0.2) is 121 Å². The lowest BCUT2D eigenvalue weighted by atomic mass is 9.84. The number of amides is 2. The Labute approximate surface area is 382 Å². The van der Waals surface area contributed by atoms with E-state index in [2.05, 4.69) is 26.4 Å². The molecule has 17 nitrogen and oxygen atoms in total. The number of methoxy groups -OCH3 is 1. The number of esters is 1. The zero-order valence-corrected chi connectivity index (χ0v) is 38.6. The van der Waals surface area contributed by atoms with Gasteiger partial charge in [-0.1, -0.05) is 35.4 Å². The normalized spacial score (nSPS) is 12.6. The number of aryl methyl sites for hydroxylation is 1. The van der Waals surface area contributed by atoms with Gasteiger partial charge in [0.2, 0.25) is 5.91 Å². The van der Waals surface area contributed by atoms with Gasteiger partial charge in [0.1, 0.15) is 23.8 Å². The summed E-state index contributed by atoms with van der Waals surface area (Å²) in [5.74, 6) is -0.137. The van der Waals surface area contributed by atoms with Crippen LogP contribution >= 0.6 is 0 Å². The predicted octanol–water partition coefficient (Wildman–Crippen LogP) is 7.64. The van der Waals surface area contributed by atoms with Gasteiger partial charge in [0, 0.05) is 43.0 Å². The zero-order valence-electron chi connectivity index (χ0n) is 38.6. The molecule has 0 saturated carbocycles. The van der Waals surface area contributed by atoms with E-state index in [4.69, 9.17) is 38.7 Å². The lowest BCUT2D eigenvalue weighted by Crippen LogP contribution is -2.38. The molecule has 2 amide bonds. The molecule has 0 saturated heterocycles. The highest BCUT2D eigenvalue weighted by molar-refractivity contribution is 5.88. The molecule has 0 fully saturated rings. The number of carbonyl (C=O) groups excluding carboxylic acids is 4. The molecule has 3 aromatic rings. The summed E-state index contributed by atoms with van der Waals surface area (Å²) in [5.41, 5.74) is 13.9.